The Labute approximate surface area is 87.3 Å². The minimum atomic E-state index is -0.168. The SMILES string of the molecule is COn1c(=O)cc(C)n1-c1ccccc1. The Morgan fingerprint density at radius 2 is 1.87 bits per heavy atom. The Morgan fingerprint density at radius 1 is 1.20 bits per heavy atom. The summed E-state index contributed by atoms with van der Waals surface area (Å²) in [4.78, 5) is 17.7. The number of aryl methyl sites for hydroxylation is 1. The maximum atomic E-state index is 11.5. The van der Waals surface area contributed by atoms with Crippen LogP contribution in [0.2, 0.25) is 0 Å². The van der Waals surface area contributed by atoms with Crippen LogP contribution in [0.15, 0.2) is 41.2 Å². The molecular formula is C11H12N2O2. The summed E-state index contributed by atoms with van der Waals surface area (Å²) < 4.78 is 1.72. The molecule has 78 valence electrons. The lowest BCUT2D eigenvalue weighted by Gasteiger charge is -2.10. The normalized spacial score (nSPS) is 10.3. The van der Waals surface area contributed by atoms with Gasteiger partial charge in [-0.05, 0) is 19.1 Å². The highest BCUT2D eigenvalue weighted by molar-refractivity contribution is 5.32. The molecule has 0 saturated heterocycles. The molecule has 0 bridgehead atoms. The fourth-order valence-corrected chi connectivity index (χ4v) is 1.59. The van der Waals surface area contributed by atoms with Crippen molar-refractivity contribution < 1.29 is 4.84 Å². The monoisotopic (exact) mass is 204 g/mol. The average molecular weight is 204 g/mol. The molecule has 0 spiro atoms. The second-order valence-electron chi connectivity index (χ2n) is 3.23. The first-order valence-corrected chi connectivity index (χ1v) is 4.65. The van der Waals surface area contributed by atoms with E-state index in [2.05, 4.69) is 0 Å². The molecule has 2 rings (SSSR count). The molecule has 4 nitrogen and oxygen atoms in total. The summed E-state index contributed by atoms with van der Waals surface area (Å²) in [6.07, 6.45) is 0. The van der Waals surface area contributed by atoms with Crippen molar-refractivity contribution in [2.24, 2.45) is 0 Å². The summed E-state index contributed by atoms with van der Waals surface area (Å²) in [5.41, 5.74) is 1.57. The maximum Gasteiger partial charge on any atom is 0.303 e. The second-order valence-corrected chi connectivity index (χ2v) is 3.23. The lowest BCUT2D eigenvalue weighted by molar-refractivity contribution is 0.107. The van der Waals surface area contributed by atoms with Crippen LogP contribution >= 0.6 is 0 Å². The van der Waals surface area contributed by atoms with Crippen molar-refractivity contribution in [3.05, 3.63) is 52.4 Å². The third kappa shape index (κ3) is 1.54. The molecule has 1 heterocycles. The van der Waals surface area contributed by atoms with Crippen molar-refractivity contribution in [1.29, 1.82) is 0 Å². The van der Waals surface area contributed by atoms with Crippen LogP contribution in [-0.2, 0) is 0 Å². The molecular weight excluding hydrogens is 192 g/mol. The van der Waals surface area contributed by atoms with E-state index in [-0.39, 0.29) is 5.56 Å². The van der Waals surface area contributed by atoms with Gasteiger partial charge in [-0.2, -0.15) is 0 Å². The van der Waals surface area contributed by atoms with Gasteiger partial charge in [0.25, 0.3) is 0 Å². The second kappa shape index (κ2) is 3.65. The molecule has 0 amide bonds. The molecule has 0 N–H and O–H groups in total. The number of nitrogens with zero attached hydrogens (tertiary/aromatic N) is 2. The Balaban J connectivity index is 2.67. The number of aromatic nitrogens is 2. The molecule has 0 fully saturated rings. The number of benzene rings is 1. The van der Waals surface area contributed by atoms with Crippen LogP contribution in [0.1, 0.15) is 5.69 Å². The molecule has 0 aliphatic heterocycles. The van der Waals surface area contributed by atoms with Crippen LogP contribution in [0, 0.1) is 6.92 Å². The van der Waals surface area contributed by atoms with Gasteiger partial charge in [-0.15, -0.1) is 0 Å². The summed E-state index contributed by atoms with van der Waals surface area (Å²) in [5.74, 6) is 0. The molecule has 0 radical (unpaired) electrons. The van der Waals surface area contributed by atoms with Crippen molar-refractivity contribution in [2.45, 2.75) is 6.92 Å². The van der Waals surface area contributed by atoms with Crippen LogP contribution < -0.4 is 10.4 Å². The largest absolute Gasteiger partial charge is 0.398 e. The Bertz CT molecular complexity index is 511. The average Bonchev–Trinajstić information content (AvgIpc) is 2.54. The van der Waals surface area contributed by atoms with E-state index in [0.717, 1.165) is 11.4 Å². The molecule has 1 aromatic carbocycles. The topological polar surface area (TPSA) is 36.2 Å². The smallest absolute Gasteiger partial charge is 0.303 e. The Hall–Kier alpha value is -1.97. The predicted octanol–water partition coefficient (Wildman–Crippen LogP) is 1.01. The van der Waals surface area contributed by atoms with Gasteiger partial charge in [0, 0.05) is 11.8 Å². The first-order chi connectivity index (χ1) is 7.24. The highest BCUT2D eigenvalue weighted by Gasteiger charge is 2.08. The van der Waals surface area contributed by atoms with E-state index >= 15 is 0 Å². The lowest BCUT2D eigenvalue weighted by atomic mass is 10.3. The summed E-state index contributed by atoms with van der Waals surface area (Å²) >= 11 is 0. The molecule has 0 aliphatic rings. The third-order valence-corrected chi connectivity index (χ3v) is 2.21. The van der Waals surface area contributed by atoms with Gasteiger partial charge in [-0.3, -0.25) is 4.79 Å². The first-order valence-electron chi connectivity index (χ1n) is 4.65. The fourth-order valence-electron chi connectivity index (χ4n) is 1.59. The number of rotatable bonds is 2. The first kappa shape index (κ1) is 9.58. The van der Waals surface area contributed by atoms with Crippen LogP contribution in [0.4, 0.5) is 0 Å². The van der Waals surface area contributed by atoms with Crippen LogP contribution in [0.25, 0.3) is 5.69 Å². The van der Waals surface area contributed by atoms with Crippen molar-refractivity contribution in [2.75, 3.05) is 7.11 Å². The van der Waals surface area contributed by atoms with Gasteiger partial charge in [0.15, 0.2) is 0 Å². The summed E-state index contributed by atoms with van der Waals surface area (Å²) in [6, 6.07) is 11.1. The number of hydrogen-bond acceptors (Lipinski definition) is 2. The van der Waals surface area contributed by atoms with Gasteiger partial charge in [0.2, 0.25) is 0 Å². The molecule has 4 heteroatoms. The standard InChI is InChI=1S/C11H12N2O2/c1-9-8-11(14)13(15-2)12(9)10-6-4-3-5-7-10/h3-8H,1-2H3. The summed E-state index contributed by atoms with van der Waals surface area (Å²) in [6.45, 7) is 1.86. The van der Waals surface area contributed by atoms with Gasteiger partial charge in [-0.25, -0.2) is 4.68 Å². The van der Waals surface area contributed by atoms with Crippen LogP contribution in [0.5, 0.6) is 0 Å². The molecule has 0 aliphatic carbocycles. The van der Waals surface area contributed by atoms with Gasteiger partial charge in [0.1, 0.15) is 7.11 Å². The van der Waals surface area contributed by atoms with Crippen LogP contribution in [0.3, 0.4) is 0 Å². The van der Waals surface area contributed by atoms with Gasteiger partial charge in [0.05, 0.1) is 5.69 Å². The van der Waals surface area contributed by atoms with Crippen molar-refractivity contribution in [3.63, 3.8) is 0 Å². The number of para-hydroxylation sites is 1. The van der Waals surface area contributed by atoms with E-state index in [1.807, 2.05) is 37.3 Å². The highest BCUT2D eigenvalue weighted by atomic mass is 16.7. The number of hydrogen-bond donors (Lipinski definition) is 0. The van der Waals surface area contributed by atoms with E-state index in [9.17, 15) is 4.79 Å². The zero-order valence-corrected chi connectivity index (χ0v) is 8.68. The van der Waals surface area contributed by atoms with Crippen LogP contribution in [-0.4, -0.2) is 16.6 Å². The molecule has 15 heavy (non-hydrogen) atoms. The molecule has 0 atom stereocenters. The van der Waals surface area contributed by atoms with E-state index in [0.29, 0.717) is 0 Å². The predicted molar refractivity (Wildman–Crippen MR) is 57.3 cm³/mol. The lowest BCUT2D eigenvalue weighted by Crippen LogP contribution is -2.27. The van der Waals surface area contributed by atoms with E-state index in [1.165, 1.54) is 18.0 Å². The van der Waals surface area contributed by atoms with E-state index < -0.39 is 0 Å². The molecule has 0 saturated carbocycles. The van der Waals surface area contributed by atoms with E-state index in [4.69, 9.17) is 4.84 Å². The van der Waals surface area contributed by atoms with Crippen molar-refractivity contribution >= 4 is 0 Å². The van der Waals surface area contributed by atoms with Gasteiger partial charge >= 0.3 is 5.56 Å². The van der Waals surface area contributed by atoms with Gasteiger partial charge in [-0.1, -0.05) is 23.0 Å². The minimum absolute atomic E-state index is 0.168. The molecule has 2 aromatic rings. The zero-order valence-electron chi connectivity index (χ0n) is 8.68. The quantitative estimate of drug-likeness (QED) is 0.731. The maximum absolute atomic E-state index is 11.5. The Morgan fingerprint density at radius 3 is 2.47 bits per heavy atom. The third-order valence-electron chi connectivity index (χ3n) is 2.21. The Kier molecular flexibility index (Phi) is 2.33. The molecule has 1 aromatic heterocycles. The summed E-state index contributed by atoms with van der Waals surface area (Å²) in [5, 5.41) is 0. The van der Waals surface area contributed by atoms with E-state index in [1.54, 1.807) is 4.68 Å². The summed E-state index contributed by atoms with van der Waals surface area (Å²) in [7, 11) is 1.47. The van der Waals surface area contributed by atoms with Gasteiger partial charge < -0.3 is 4.84 Å². The fraction of sp³-hybridized carbons (Fsp3) is 0.182. The highest BCUT2D eigenvalue weighted by Crippen LogP contribution is 2.08. The van der Waals surface area contributed by atoms with Crippen molar-refractivity contribution in [1.82, 2.24) is 9.53 Å². The zero-order chi connectivity index (χ0) is 10.8. The minimum Gasteiger partial charge on any atom is -0.398 e. The molecule has 0 unspecified atom stereocenters. The van der Waals surface area contributed by atoms with Crippen molar-refractivity contribution in [3.8, 4) is 5.69 Å².